The molecule has 0 unspecified atom stereocenters. The van der Waals surface area contributed by atoms with Crippen molar-refractivity contribution in [3.63, 3.8) is 0 Å². The average Bonchev–Trinajstić information content (AvgIpc) is 2.81. The summed E-state index contributed by atoms with van der Waals surface area (Å²) < 4.78 is 30.5. The maximum atomic E-state index is 13.1. The lowest BCUT2D eigenvalue weighted by Gasteiger charge is -2.24. The lowest BCUT2D eigenvalue weighted by atomic mass is 9.98. The van der Waals surface area contributed by atoms with Crippen molar-refractivity contribution in [3.8, 4) is 5.75 Å². The summed E-state index contributed by atoms with van der Waals surface area (Å²) >= 11 is 0. The molecule has 0 spiro atoms. The smallest absolute Gasteiger partial charge is 0.261 e. The Morgan fingerprint density at radius 2 is 1.41 bits per heavy atom. The second kappa shape index (κ2) is 10.3. The molecule has 1 N–H and O–H groups in total. The topological polar surface area (TPSA) is 75.7 Å². The van der Waals surface area contributed by atoms with Gasteiger partial charge in [0.25, 0.3) is 5.91 Å². The first-order valence-electron chi connectivity index (χ1n) is 10.4. The predicted molar refractivity (Wildman–Crippen MR) is 127 cm³/mol. The van der Waals surface area contributed by atoms with Crippen molar-refractivity contribution in [2.75, 3.05) is 17.6 Å². The van der Waals surface area contributed by atoms with Crippen LogP contribution in [-0.2, 0) is 14.8 Å². The Morgan fingerprint density at radius 3 is 1.84 bits per heavy atom. The SMILES string of the molecule is CC[C@@H](Oc1ccc(N(C)S(C)(=O)=O)cc1)C(=O)NC(c1ccccc1)c1ccccc1. The molecular weight excluding hydrogens is 424 g/mol. The number of anilines is 1. The number of hydrogen-bond donors (Lipinski definition) is 1. The van der Waals surface area contributed by atoms with Crippen LogP contribution in [0.1, 0.15) is 30.5 Å². The summed E-state index contributed by atoms with van der Waals surface area (Å²) in [5.74, 6) is 0.274. The molecule has 0 aliphatic heterocycles. The van der Waals surface area contributed by atoms with E-state index in [-0.39, 0.29) is 11.9 Å². The van der Waals surface area contributed by atoms with Crippen LogP contribution in [0.5, 0.6) is 5.75 Å². The third kappa shape index (κ3) is 5.88. The summed E-state index contributed by atoms with van der Waals surface area (Å²) in [6.45, 7) is 1.89. The minimum absolute atomic E-state index is 0.220. The molecule has 3 aromatic rings. The van der Waals surface area contributed by atoms with Gasteiger partial charge in [-0.3, -0.25) is 9.10 Å². The zero-order chi connectivity index (χ0) is 23.1. The van der Waals surface area contributed by atoms with Gasteiger partial charge in [-0.05, 0) is 41.8 Å². The molecule has 0 saturated carbocycles. The molecular formula is C25H28N2O4S. The molecule has 6 nitrogen and oxygen atoms in total. The quantitative estimate of drug-likeness (QED) is 0.529. The fourth-order valence-electron chi connectivity index (χ4n) is 3.30. The Labute approximate surface area is 189 Å². The molecule has 0 aliphatic rings. The van der Waals surface area contributed by atoms with Gasteiger partial charge in [-0.2, -0.15) is 0 Å². The second-order valence-electron chi connectivity index (χ2n) is 7.50. The van der Waals surface area contributed by atoms with Crippen LogP contribution in [0, 0.1) is 0 Å². The van der Waals surface area contributed by atoms with E-state index in [1.807, 2.05) is 67.6 Å². The van der Waals surface area contributed by atoms with Gasteiger partial charge in [0.1, 0.15) is 5.75 Å². The average molecular weight is 453 g/mol. The Kier molecular flexibility index (Phi) is 7.53. The first-order valence-corrected chi connectivity index (χ1v) is 12.3. The highest BCUT2D eigenvalue weighted by Gasteiger charge is 2.24. The largest absolute Gasteiger partial charge is 0.481 e. The summed E-state index contributed by atoms with van der Waals surface area (Å²) in [7, 11) is -1.86. The zero-order valence-corrected chi connectivity index (χ0v) is 19.2. The highest BCUT2D eigenvalue weighted by molar-refractivity contribution is 7.92. The number of benzene rings is 3. The van der Waals surface area contributed by atoms with E-state index < -0.39 is 16.1 Å². The first-order chi connectivity index (χ1) is 15.3. The molecule has 3 aromatic carbocycles. The molecule has 0 aliphatic carbocycles. The number of carbonyl (C=O) groups is 1. The summed E-state index contributed by atoms with van der Waals surface area (Å²) in [4.78, 5) is 13.1. The van der Waals surface area contributed by atoms with E-state index in [2.05, 4.69) is 5.32 Å². The number of carbonyl (C=O) groups excluding carboxylic acids is 1. The summed E-state index contributed by atoms with van der Waals surface area (Å²) in [6.07, 6.45) is 0.932. The van der Waals surface area contributed by atoms with Crippen molar-refractivity contribution in [3.05, 3.63) is 96.1 Å². The van der Waals surface area contributed by atoms with E-state index in [9.17, 15) is 13.2 Å². The Morgan fingerprint density at radius 1 is 0.906 bits per heavy atom. The molecule has 0 saturated heterocycles. The van der Waals surface area contributed by atoms with Gasteiger partial charge in [0.05, 0.1) is 18.0 Å². The van der Waals surface area contributed by atoms with Crippen LogP contribution in [-0.4, -0.2) is 33.7 Å². The van der Waals surface area contributed by atoms with Crippen LogP contribution >= 0.6 is 0 Å². The monoisotopic (exact) mass is 452 g/mol. The number of sulfonamides is 1. The highest BCUT2D eigenvalue weighted by atomic mass is 32.2. The number of hydrogen-bond acceptors (Lipinski definition) is 4. The molecule has 7 heteroatoms. The van der Waals surface area contributed by atoms with Crippen LogP contribution in [0.15, 0.2) is 84.9 Å². The van der Waals surface area contributed by atoms with Crippen molar-refractivity contribution >= 4 is 21.6 Å². The van der Waals surface area contributed by atoms with E-state index >= 15 is 0 Å². The van der Waals surface area contributed by atoms with Gasteiger partial charge in [0, 0.05) is 7.05 Å². The predicted octanol–water partition coefficient (Wildman–Crippen LogP) is 4.15. The number of amides is 1. The number of ether oxygens (including phenoxy) is 1. The van der Waals surface area contributed by atoms with Crippen LogP contribution < -0.4 is 14.4 Å². The van der Waals surface area contributed by atoms with Gasteiger partial charge in [-0.1, -0.05) is 67.6 Å². The van der Waals surface area contributed by atoms with Crippen molar-refractivity contribution in [2.24, 2.45) is 0 Å². The highest BCUT2D eigenvalue weighted by Crippen LogP contribution is 2.24. The Bertz CT molecular complexity index is 1080. The van der Waals surface area contributed by atoms with Crippen LogP contribution in [0.4, 0.5) is 5.69 Å². The van der Waals surface area contributed by atoms with E-state index in [4.69, 9.17) is 4.74 Å². The minimum atomic E-state index is -3.35. The van der Waals surface area contributed by atoms with Gasteiger partial charge >= 0.3 is 0 Å². The van der Waals surface area contributed by atoms with Gasteiger partial charge in [0.2, 0.25) is 10.0 Å². The van der Waals surface area contributed by atoms with Gasteiger partial charge in [-0.25, -0.2) is 8.42 Å². The molecule has 0 bridgehead atoms. The fraction of sp³-hybridized carbons (Fsp3) is 0.240. The molecule has 168 valence electrons. The third-order valence-electron chi connectivity index (χ3n) is 5.19. The third-order valence-corrected chi connectivity index (χ3v) is 6.40. The molecule has 0 aromatic heterocycles. The van der Waals surface area contributed by atoms with E-state index in [1.54, 1.807) is 24.3 Å². The van der Waals surface area contributed by atoms with E-state index in [0.29, 0.717) is 17.9 Å². The lowest BCUT2D eigenvalue weighted by Crippen LogP contribution is -2.40. The molecule has 0 heterocycles. The van der Waals surface area contributed by atoms with Crippen molar-refractivity contribution in [1.29, 1.82) is 0 Å². The van der Waals surface area contributed by atoms with E-state index in [0.717, 1.165) is 17.4 Å². The molecule has 0 radical (unpaired) electrons. The van der Waals surface area contributed by atoms with Crippen molar-refractivity contribution < 1.29 is 17.9 Å². The summed E-state index contributed by atoms with van der Waals surface area (Å²) in [6, 6.07) is 25.9. The normalized spacial score (nSPS) is 12.2. The van der Waals surface area contributed by atoms with Gasteiger partial charge < -0.3 is 10.1 Å². The lowest BCUT2D eigenvalue weighted by molar-refractivity contribution is -0.128. The Hall–Kier alpha value is -3.32. The second-order valence-corrected chi connectivity index (χ2v) is 9.52. The number of nitrogens with one attached hydrogen (secondary N) is 1. The van der Waals surface area contributed by atoms with Gasteiger partial charge in [0.15, 0.2) is 6.10 Å². The fourth-order valence-corrected chi connectivity index (χ4v) is 3.80. The van der Waals surface area contributed by atoms with Crippen LogP contribution in [0.2, 0.25) is 0 Å². The summed E-state index contributed by atoms with van der Waals surface area (Å²) in [5, 5.41) is 3.12. The zero-order valence-electron chi connectivity index (χ0n) is 18.4. The van der Waals surface area contributed by atoms with E-state index in [1.165, 1.54) is 11.4 Å². The van der Waals surface area contributed by atoms with Crippen molar-refractivity contribution in [2.45, 2.75) is 25.5 Å². The summed E-state index contributed by atoms with van der Waals surface area (Å²) in [5.41, 5.74) is 2.48. The maximum Gasteiger partial charge on any atom is 0.261 e. The minimum Gasteiger partial charge on any atom is -0.481 e. The number of nitrogens with zero attached hydrogens (tertiary/aromatic N) is 1. The molecule has 0 fully saturated rings. The van der Waals surface area contributed by atoms with Crippen LogP contribution in [0.3, 0.4) is 0 Å². The van der Waals surface area contributed by atoms with Gasteiger partial charge in [-0.15, -0.1) is 0 Å². The number of rotatable bonds is 9. The molecule has 32 heavy (non-hydrogen) atoms. The molecule has 3 rings (SSSR count). The molecule has 1 atom stereocenters. The van der Waals surface area contributed by atoms with Crippen LogP contribution in [0.25, 0.3) is 0 Å². The maximum absolute atomic E-state index is 13.1. The standard InChI is InChI=1S/C25H28N2O4S/c1-4-23(31-22-17-15-21(16-18-22)27(2)32(3,29)30)25(28)26-24(19-11-7-5-8-12-19)20-13-9-6-10-14-20/h5-18,23-24H,4H2,1-3H3,(H,26,28)/t23-/m1/s1. The van der Waals surface area contributed by atoms with Crippen molar-refractivity contribution in [1.82, 2.24) is 5.32 Å². The molecule has 1 amide bonds. The first kappa shape index (κ1) is 23.3. The Balaban J connectivity index is 1.76.